The highest BCUT2D eigenvalue weighted by atomic mass is 19.1. The quantitative estimate of drug-likeness (QED) is 0.587. The molecule has 0 saturated heterocycles. The van der Waals surface area contributed by atoms with Crippen molar-refractivity contribution in [3.63, 3.8) is 0 Å². The molecule has 0 atom stereocenters. The van der Waals surface area contributed by atoms with Crippen molar-refractivity contribution < 1.29 is 13.7 Å². The molecule has 0 aliphatic carbocycles. The zero-order valence-electron chi connectivity index (χ0n) is 8.18. The van der Waals surface area contributed by atoms with Gasteiger partial charge >= 0.3 is 0 Å². The molecule has 80 valence electrons. The number of aromatic nitrogens is 1. The average Bonchev–Trinajstić information content (AvgIpc) is 2.70. The fraction of sp³-hybridized carbons (Fsp3) is 0.0909. The number of hydrogen-bond donors (Lipinski definition) is 0. The molecule has 0 amide bonds. The molecule has 1 aromatic heterocycles. The van der Waals surface area contributed by atoms with E-state index in [4.69, 9.17) is 4.52 Å². The first kappa shape index (κ1) is 10.3. The van der Waals surface area contributed by atoms with E-state index in [1.54, 1.807) is 12.1 Å². The van der Waals surface area contributed by atoms with Crippen molar-refractivity contribution in [3.05, 3.63) is 47.6 Å². The maximum absolute atomic E-state index is 12.7. The van der Waals surface area contributed by atoms with Gasteiger partial charge in [-0.25, -0.2) is 9.18 Å². The molecule has 5 heteroatoms. The third kappa shape index (κ3) is 2.21. The van der Waals surface area contributed by atoms with E-state index in [0.717, 1.165) is 5.56 Å². The van der Waals surface area contributed by atoms with Crippen molar-refractivity contribution in [2.45, 2.75) is 6.42 Å². The van der Waals surface area contributed by atoms with Crippen LogP contribution in [-0.4, -0.2) is 11.2 Å². The average molecular weight is 218 g/mol. The second kappa shape index (κ2) is 4.51. The molecule has 0 radical (unpaired) electrons. The standard InChI is InChI=1S/C11H7FN2O2/c12-9-3-1-8(2-4-9)5-11-10(13-7-15)6-14-16-11/h1-4,6H,5H2. The normalized spacial score (nSPS) is 9.81. The molecule has 2 rings (SSSR count). The summed E-state index contributed by atoms with van der Waals surface area (Å²) in [4.78, 5) is 13.6. The Morgan fingerprint density at radius 2 is 2.12 bits per heavy atom. The van der Waals surface area contributed by atoms with Crippen LogP contribution in [0.1, 0.15) is 11.3 Å². The Balaban J connectivity index is 2.23. The van der Waals surface area contributed by atoms with Crippen LogP contribution in [0.3, 0.4) is 0 Å². The van der Waals surface area contributed by atoms with Gasteiger partial charge in [0.15, 0.2) is 5.76 Å². The number of aliphatic imine (C=N–C) groups is 1. The van der Waals surface area contributed by atoms with E-state index in [1.165, 1.54) is 24.4 Å². The Labute approximate surface area is 90.4 Å². The lowest BCUT2D eigenvalue weighted by atomic mass is 10.1. The molecule has 0 saturated carbocycles. The van der Waals surface area contributed by atoms with Crippen molar-refractivity contribution in [2.75, 3.05) is 0 Å². The van der Waals surface area contributed by atoms with E-state index >= 15 is 0 Å². The SMILES string of the molecule is O=C=Nc1cnoc1Cc1ccc(F)cc1. The smallest absolute Gasteiger partial charge is 0.240 e. The van der Waals surface area contributed by atoms with Gasteiger partial charge in [0.25, 0.3) is 0 Å². The Bertz CT molecular complexity index is 527. The minimum Gasteiger partial charge on any atom is -0.359 e. The van der Waals surface area contributed by atoms with Crippen LogP contribution in [0.15, 0.2) is 40.0 Å². The fourth-order valence-corrected chi connectivity index (χ4v) is 1.31. The zero-order chi connectivity index (χ0) is 11.4. The molecule has 0 N–H and O–H groups in total. The van der Waals surface area contributed by atoms with Crippen LogP contribution in [0.4, 0.5) is 10.1 Å². The number of carbonyl (C=O) groups excluding carboxylic acids is 1. The Morgan fingerprint density at radius 3 is 2.81 bits per heavy atom. The van der Waals surface area contributed by atoms with Gasteiger partial charge in [-0.3, -0.25) is 0 Å². The topological polar surface area (TPSA) is 55.5 Å². The van der Waals surface area contributed by atoms with Crippen LogP contribution >= 0.6 is 0 Å². The van der Waals surface area contributed by atoms with Gasteiger partial charge in [-0.1, -0.05) is 17.3 Å². The molecule has 0 spiro atoms. The molecular weight excluding hydrogens is 211 g/mol. The first-order valence-corrected chi connectivity index (χ1v) is 4.55. The maximum atomic E-state index is 12.7. The van der Waals surface area contributed by atoms with E-state index in [0.29, 0.717) is 17.9 Å². The number of nitrogens with zero attached hydrogens (tertiary/aromatic N) is 2. The number of hydrogen-bond acceptors (Lipinski definition) is 4. The zero-order valence-corrected chi connectivity index (χ0v) is 8.18. The lowest BCUT2D eigenvalue weighted by molar-refractivity contribution is 0.390. The summed E-state index contributed by atoms with van der Waals surface area (Å²) in [6.45, 7) is 0. The molecule has 0 aliphatic rings. The van der Waals surface area contributed by atoms with E-state index in [2.05, 4.69) is 10.1 Å². The summed E-state index contributed by atoms with van der Waals surface area (Å²) in [6.07, 6.45) is 3.16. The van der Waals surface area contributed by atoms with Gasteiger partial charge in [0.2, 0.25) is 6.08 Å². The summed E-state index contributed by atoms with van der Waals surface area (Å²) in [5, 5.41) is 3.53. The fourth-order valence-electron chi connectivity index (χ4n) is 1.31. The molecule has 2 aromatic rings. The first-order chi connectivity index (χ1) is 7.79. The van der Waals surface area contributed by atoms with Crippen LogP contribution in [0, 0.1) is 5.82 Å². The third-order valence-corrected chi connectivity index (χ3v) is 2.07. The predicted octanol–water partition coefficient (Wildman–Crippen LogP) is 2.37. The summed E-state index contributed by atoms with van der Waals surface area (Å²) >= 11 is 0. The minimum atomic E-state index is -0.299. The second-order valence-electron chi connectivity index (χ2n) is 3.14. The lowest BCUT2D eigenvalue weighted by Gasteiger charge is -1.97. The Kier molecular flexibility index (Phi) is 2.89. The maximum Gasteiger partial charge on any atom is 0.240 e. The number of halogens is 1. The van der Waals surface area contributed by atoms with Crippen LogP contribution < -0.4 is 0 Å². The van der Waals surface area contributed by atoms with Crippen LogP contribution in [0.25, 0.3) is 0 Å². The molecule has 1 aromatic carbocycles. The lowest BCUT2D eigenvalue weighted by Crippen LogP contribution is -1.86. The summed E-state index contributed by atoms with van der Waals surface area (Å²) in [5.74, 6) is 0.155. The monoisotopic (exact) mass is 218 g/mol. The van der Waals surface area contributed by atoms with Gasteiger partial charge in [-0.15, -0.1) is 0 Å². The van der Waals surface area contributed by atoms with E-state index < -0.39 is 0 Å². The van der Waals surface area contributed by atoms with Crippen LogP contribution in [0.2, 0.25) is 0 Å². The van der Waals surface area contributed by atoms with Crippen molar-refractivity contribution in [1.82, 2.24) is 5.16 Å². The molecule has 0 bridgehead atoms. The highest BCUT2D eigenvalue weighted by Gasteiger charge is 2.08. The number of benzene rings is 1. The molecule has 0 aliphatic heterocycles. The highest BCUT2D eigenvalue weighted by molar-refractivity contribution is 5.50. The van der Waals surface area contributed by atoms with Crippen LogP contribution in [-0.2, 0) is 11.2 Å². The van der Waals surface area contributed by atoms with Crippen molar-refractivity contribution in [1.29, 1.82) is 0 Å². The van der Waals surface area contributed by atoms with E-state index in [9.17, 15) is 9.18 Å². The molecule has 1 heterocycles. The van der Waals surface area contributed by atoms with E-state index in [1.807, 2.05) is 0 Å². The molecule has 0 fully saturated rings. The van der Waals surface area contributed by atoms with Crippen molar-refractivity contribution in [3.8, 4) is 0 Å². The van der Waals surface area contributed by atoms with Gasteiger partial charge in [0.05, 0.1) is 6.20 Å². The first-order valence-electron chi connectivity index (χ1n) is 4.55. The summed E-state index contributed by atoms with van der Waals surface area (Å²) in [7, 11) is 0. The second-order valence-corrected chi connectivity index (χ2v) is 3.14. The third-order valence-electron chi connectivity index (χ3n) is 2.07. The molecule has 16 heavy (non-hydrogen) atoms. The van der Waals surface area contributed by atoms with Gasteiger partial charge in [-0.05, 0) is 17.7 Å². The summed E-state index contributed by atoms with van der Waals surface area (Å²) in [5.41, 5.74) is 1.19. The Hall–Kier alpha value is -2.26. The number of rotatable bonds is 3. The van der Waals surface area contributed by atoms with Crippen molar-refractivity contribution in [2.24, 2.45) is 4.99 Å². The molecule has 4 nitrogen and oxygen atoms in total. The van der Waals surface area contributed by atoms with E-state index in [-0.39, 0.29) is 5.82 Å². The van der Waals surface area contributed by atoms with Gasteiger partial charge in [-0.2, -0.15) is 4.99 Å². The van der Waals surface area contributed by atoms with Crippen molar-refractivity contribution >= 4 is 11.8 Å². The van der Waals surface area contributed by atoms with Gasteiger partial charge < -0.3 is 4.52 Å². The number of isocyanates is 1. The summed E-state index contributed by atoms with van der Waals surface area (Å²) in [6, 6.07) is 5.97. The minimum absolute atomic E-state index is 0.299. The predicted molar refractivity (Wildman–Crippen MR) is 53.5 cm³/mol. The highest BCUT2D eigenvalue weighted by Crippen LogP contribution is 2.21. The molecule has 0 unspecified atom stereocenters. The van der Waals surface area contributed by atoms with Crippen LogP contribution in [0.5, 0.6) is 0 Å². The van der Waals surface area contributed by atoms with Gasteiger partial charge in [0, 0.05) is 6.42 Å². The largest absolute Gasteiger partial charge is 0.359 e. The summed E-state index contributed by atoms with van der Waals surface area (Å²) < 4.78 is 17.6. The Morgan fingerprint density at radius 1 is 1.38 bits per heavy atom. The van der Waals surface area contributed by atoms with Gasteiger partial charge in [0.1, 0.15) is 11.5 Å². The molecular formula is C11H7FN2O2.